The van der Waals surface area contributed by atoms with Gasteiger partial charge in [0.05, 0.1) is 11.0 Å². The van der Waals surface area contributed by atoms with E-state index in [1.54, 1.807) is 12.1 Å². The second-order valence-corrected chi connectivity index (χ2v) is 6.81. The van der Waals surface area contributed by atoms with Crippen molar-refractivity contribution in [3.8, 4) is 5.75 Å². The smallest absolute Gasteiger partial charge is 0.191 e. The van der Waals surface area contributed by atoms with E-state index in [-0.39, 0.29) is 17.6 Å². The number of nitrogens with one attached hydrogen (secondary N) is 1. The Labute approximate surface area is 121 Å². The number of rotatable bonds is 0. The van der Waals surface area contributed by atoms with Crippen LogP contribution >= 0.6 is 0 Å². The van der Waals surface area contributed by atoms with Crippen LogP contribution in [0.2, 0.25) is 0 Å². The molecule has 1 aromatic rings. The molecule has 3 saturated heterocycles. The minimum atomic E-state index is -0.965. The number of carbonyl (C=O) groups excluding carboxylic acids is 1. The summed E-state index contributed by atoms with van der Waals surface area (Å²) in [4.78, 5) is 12.3. The molecule has 0 aromatic heterocycles. The predicted octanol–water partition coefficient (Wildman–Crippen LogP) is 0.0193. The highest BCUT2D eigenvalue weighted by Crippen LogP contribution is 2.60. The van der Waals surface area contributed by atoms with Crippen molar-refractivity contribution < 1.29 is 19.7 Å². The summed E-state index contributed by atoms with van der Waals surface area (Å²) in [7, 11) is 0. The summed E-state index contributed by atoms with van der Waals surface area (Å²) >= 11 is 0. The fraction of sp³-hybridized carbons (Fsp3) is 0.562. The molecule has 0 amide bonds. The van der Waals surface area contributed by atoms with Crippen molar-refractivity contribution in [1.29, 1.82) is 0 Å². The number of phenols is 1. The maximum atomic E-state index is 12.3. The zero-order valence-electron chi connectivity index (χ0n) is 11.5. The summed E-state index contributed by atoms with van der Waals surface area (Å²) in [6, 6.07) is 5.24. The molecule has 4 bridgehead atoms. The second-order valence-electron chi connectivity index (χ2n) is 6.81. The molecule has 0 radical (unpaired) electrons. The van der Waals surface area contributed by atoms with Crippen molar-refractivity contribution in [2.24, 2.45) is 0 Å². The van der Waals surface area contributed by atoms with E-state index in [1.165, 1.54) is 0 Å². The Morgan fingerprint density at radius 2 is 2.24 bits per heavy atom. The van der Waals surface area contributed by atoms with Gasteiger partial charge in [0.25, 0.3) is 0 Å². The monoisotopic (exact) mass is 287 g/mol. The zero-order chi connectivity index (χ0) is 14.4. The fourth-order valence-corrected chi connectivity index (χ4v) is 5.14. The topological polar surface area (TPSA) is 78.8 Å². The molecule has 3 N–H and O–H groups in total. The predicted molar refractivity (Wildman–Crippen MR) is 73.1 cm³/mol. The van der Waals surface area contributed by atoms with E-state index in [1.807, 2.05) is 6.07 Å². The Bertz CT molecular complexity index is 674. The lowest BCUT2D eigenvalue weighted by Crippen LogP contribution is -2.83. The largest absolute Gasteiger partial charge is 0.508 e. The molecule has 5 atom stereocenters. The quantitative estimate of drug-likeness (QED) is 0.627. The summed E-state index contributed by atoms with van der Waals surface area (Å²) in [6.45, 7) is 0.750. The molecule has 5 heteroatoms. The number of ketones is 1. The van der Waals surface area contributed by atoms with Crippen molar-refractivity contribution in [2.75, 3.05) is 6.54 Å². The Kier molecular flexibility index (Phi) is 2.01. The number of benzene rings is 1. The molecule has 4 fully saturated rings. The molecule has 2 aliphatic carbocycles. The Hall–Kier alpha value is -1.43. The molecule has 3 heterocycles. The van der Waals surface area contributed by atoms with Gasteiger partial charge in [0.15, 0.2) is 5.78 Å². The summed E-state index contributed by atoms with van der Waals surface area (Å²) in [5.74, 6) is 0.285. The van der Waals surface area contributed by atoms with E-state index in [4.69, 9.17) is 4.74 Å². The van der Waals surface area contributed by atoms with Crippen LogP contribution in [0.5, 0.6) is 5.75 Å². The molecular weight excluding hydrogens is 270 g/mol. The van der Waals surface area contributed by atoms with E-state index < -0.39 is 23.2 Å². The number of hydrogen-bond acceptors (Lipinski definition) is 5. The standard InChI is InChI=1S/C16H17NO4/c18-9-2-1-8-5-12-16(20)7-11-13(19)14(21-11)15(16,3-4-17-12)10(8)6-9/h1-2,6,11-12,14,17-18,20H,3-5,7H2/t11?,12-,14+,15+,16-/m1/s1. The van der Waals surface area contributed by atoms with Crippen molar-refractivity contribution in [2.45, 2.75) is 48.5 Å². The molecule has 1 saturated carbocycles. The number of piperidine rings is 1. The van der Waals surface area contributed by atoms with E-state index in [0.717, 1.165) is 24.1 Å². The first-order valence-corrected chi connectivity index (χ1v) is 7.53. The van der Waals surface area contributed by atoms with Crippen LogP contribution in [-0.4, -0.2) is 46.4 Å². The van der Waals surface area contributed by atoms with Crippen LogP contribution in [0.4, 0.5) is 0 Å². The molecule has 21 heavy (non-hydrogen) atoms. The van der Waals surface area contributed by atoms with Gasteiger partial charge in [0.2, 0.25) is 0 Å². The van der Waals surface area contributed by atoms with Crippen molar-refractivity contribution in [1.82, 2.24) is 5.32 Å². The maximum Gasteiger partial charge on any atom is 0.191 e. The first-order chi connectivity index (χ1) is 10.1. The van der Waals surface area contributed by atoms with E-state index in [9.17, 15) is 15.0 Å². The fourth-order valence-electron chi connectivity index (χ4n) is 5.14. The summed E-state index contributed by atoms with van der Waals surface area (Å²) in [5.41, 5.74) is 0.324. The third-order valence-electron chi connectivity index (χ3n) is 6.08. The Balaban J connectivity index is 1.82. The van der Waals surface area contributed by atoms with Crippen LogP contribution in [-0.2, 0) is 21.4 Å². The van der Waals surface area contributed by atoms with Gasteiger partial charge in [-0.3, -0.25) is 4.79 Å². The molecule has 1 aromatic carbocycles. The zero-order valence-corrected chi connectivity index (χ0v) is 11.5. The van der Waals surface area contributed by atoms with E-state index >= 15 is 0 Å². The lowest BCUT2D eigenvalue weighted by atomic mass is 9.46. The SMILES string of the molecule is O=C1C2C[C@@]3(O)[C@H]4Cc5ccc(O)cc5[C@@]3(CCN4)[C@H]1O2. The van der Waals surface area contributed by atoms with Gasteiger partial charge in [0, 0.05) is 12.5 Å². The second kappa shape index (κ2) is 3.48. The van der Waals surface area contributed by atoms with E-state index in [0.29, 0.717) is 12.8 Å². The van der Waals surface area contributed by atoms with Gasteiger partial charge >= 0.3 is 0 Å². The van der Waals surface area contributed by atoms with Crippen molar-refractivity contribution in [3.63, 3.8) is 0 Å². The molecule has 5 aliphatic rings. The van der Waals surface area contributed by atoms with Crippen molar-refractivity contribution in [3.05, 3.63) is 29.3 Å². The minimum Gasteiger partial charge on any atom is -0.508 e. The third kappa shape index (κ3) is 1.15. The van der Waals surface area contributed by atoms with Crippen LogP contribution < -0.4 is 5.32 Å². The van der Waals surface area contributed by atoms with Gasteiger partial charge in [-0.25, -0.2) is 0 Å². The Morgan fingerprint density at radius 1 is 1.38 bits per heavy atom. The molecule has 1 unspecified atom stereocenters. The number of Topliss-reactive ketones (excluding diaryl/α,β-unsaturated/α-hetero) is 1. The third-order valence-corrected chi connectivity index (χ3v) is 6.08. The van der Waals surface area contributed by atoms with Gasteiger partial charge in [-0.15, -0.1) is 0 Å². The van der Waals surface area contributed by atoms with Crippen LogP contribution in [0.3, 0.4) is 0 Å². The number of ether oxygens (including phenoxy) is 1. The number of carbonyl (C=O) groups is 1. The maximum absolute atomic E-state index is 12.3. The molecule has 3 aliphatic heterocycles. The van der Waals surface area contributed by atoms with Crippen LogP contribution in [0, 0.1) is 0 Å². The molecule has 5 nitrogen and oxygen atoms in total. The van der Waals surface area contributed by atoms with Gasteiger partial charge in [0.1, 0.15) is 18.0 Å². The molecular formula is C16H17NO4. The summed E-state index contributed by atoms with van der Waals surface area (Å²) in [5, 5.41) is 24.8. The summed E-state index contributed by atoms with van der Waals surface area (Å²) in [6.07, 6.45) is 0.719. The van der Waals surface area contributed by atoms with Gasteiger partial charge in [-0.05, 0) is 42.6 Å². The van der Waals surface area contributed by atoms with Crippen LogP contribution in [0.1, 0.15) is 24.0 Å². The highest BCUT2D eigenvalue weighted by molar-refractivity contribution is 5.95. The number of phenolic OH excluding ortho intramolecular Hbond substituents is 1. The number of hydrogen-bond donors (Lipinski definition) is 3. The van der Waals surface area contributed by atoms with Crippen molar-refractivity contribution >= 4 is 5.78 Å². The van der Waals surface area contributed by atoms with Crippen LogP contribution in [0.25, 0.3) is 0 Å². The normalized spacial score (nSPS) is 46.3. The lowest BCUT2D eigenvalue weighted by molar-refractivity contribution is -0.264. The number of fused-ring (bicyclic) bond motifs is 1. The average Bonchev–Trinajstić information content (AvgIpc) is 2.46. The van der Waals surface area contributed by atoms with Gasteiger partial charge in [-0.1, -0.05) is 6.07 Å². The molecule has 0 spiro atoms. The number of aromatic hydroxyl groups is 1. The Morgan fingerprint density at radius 3 is 3.05 bits per heavy atom. The average molecular weight is 287 g/mol. The lowest BCUT2D eigenvalue weighted by Gasteiger charge is -2.67. The highest BCUT2D eigenvalue weighted by Gasteiger charge is 2.74. The first kappa shape index (κ1) is 12.1. The first-order valence-electron chi connectivity index (χ1n) is 7.53. The number of aliphatic hydroxyl groups is 1. The van der Waals surface area contributed by atoms with Gasteiger partial charge in [-0.2, -0.15) is 0 Å². The van der Waals surface area contributed by atoms with Crippen LogP contribution in [0.15, 0.2) is 18.2 Å². The summed E-state index contributed by atoms with van der Waals surface area (Å²) < 4.78 is 5.78. The highest BCUT2D eigenvalue weighted by atomic mass is 16.5. The molecule has 6 rings (SSSR count). The minimum absolute atomic E-state index is 0.0507. The molecule has 110 valence electrons. The van der Waals surface area contributed by atoms with Gasteiger partial charge < -0.3 is 20.3 Å². The van der Waals surface area contributed by atoms with E-state index in [2.05, 4.69) is 5.32 Å².